The largest absolute Gasteiger partial charge is 0.478 e. The van der Waals surface area contributed by atoms with E-state index >= 15 is 0 Å². The van der Waals surface area contributed by atoms with Gasteiger partial charge in [0.1, 0.15) is 5.60 Å². The zero-order valence-electron chi connectivity index (χ0n) is 12.8. The van der Waals surface area contributed by atoms with Crippen molar-refractivity contribution < 1.29 is 29.3 Å². The van der Waals surface area contributed by atoms with Crippen LogP contribution in [0.1, 0.15) is 17.3 Å². The Labute approximate surface area is 137 Å². The van der Waals surface area contributed by atoms with Crippen LogP contribution in [0.15, 0.2) is 36.4 Å². The summed E-state index contributed by atoms with van der Waals surface area (Å²) in [6.07, 6.45) is 3.36. The number of aliphatic hydroxyl groups is 1. The fraction of sp³-hybridized carbons (Fsp3) is 0.353. The number of aromatic carboxylic acids is 1. The number of anilines is 1. The number of hydrogen-bond acceptors (Lipinski definition) is 5. The lowest BCUT2D eigenvalue weighted by molar-refractivity contribution is -0.131. The van der Waals surface area contributed by atoms with Crippen LogP contribution in [0.25, 0.3) is 0 Å². The Kier molecular flexibility index (Phi) is 2.83. The third-order valence-electron chi connectivity index (χ3n) is 5.15. The Morgan fingerprint density at radius 3 is 2.62 bits per heavy atom. The molecule has 2 bridgehead atoms. The molecule has 1 aromatic carbocycles. The van der Waals surface area contributed by atoms with Gasteiger partial charge in [0.2, 0.25) is 11.8 Å². The molecular weight excluding hydrogens is 314 g/mol. The third kappa shape index (κ3) is 1.65. The molecule has 124 valence electrons. The predicted molar refractivity (Wildman–Crippen MR) is 81.3 cm³/mol. The second kappa shape index (κ2) is 4.52. The Bertz CT molecular complexity index is 817. The first-order valence-electron chi connectivity index (χ1n) is 7.55. The summed E-state index contributed by atoms with van der Waals surface area (Å²) in [5.41, 5.74) is -1.93. The fourth-order valence-electron chi connectivity index (χ4n) is 4.07. The van der Waals surface area contributed by atoms with Gasteiger partial charge in [-0.2, -0.15) is 0 Å². The summed E-state index contributed by atoms with van der Waals surface area (Å²) in [7, 11) is 0. The van der Waals surface area contributed by atoms with Crippen LogP contribution in [0, 0.1) is 11.8 Å². The molecule has 0 aromatic heterocycles. The molecule has 24 heavy (non-hydrogen) atoms. The molecule has 0 spiro atoms. The molecule has 0 saturated carbocycles. The monoisotopic (exact) mass is 329 g/mol. The van der Waals surface area contributed by atoms with Crippen molar-refractivity contribution in [2.24, 2.45) is 11.8 Å². The second-order valence-corrected chi connectivity index (χ2v) is 6.56. The average Bonchev–Trinajstić information content (AvgIpc) is 3.13. The summed E-state index contributed by atoms with van der Waals surface area (Å²) in [5, 5.41) is 18.9. The predicted octanol–water partition coefficient (Wildman–Crippen LogP) is 0.580. The van der Waals surface area contributed by atoms with Crippen molar-refractivity contribution in [1.29, 1.82) is 0 Å². The molecule has 0 aliphatic carbocycles. The van der Waals surface area contributed by atoms with Crippen molar-refractivity contribution >= 4 is 23.5 Å². The first-order valence-corrected chi connectivity index (χ1v) is 7.55. The van der Waals surface area contributed by atoms with Gasteiger partial charge >= 0.3 is 5.97 Å². The molecular formula is C17H15NO6. The van der Waals surface area contributed by atoms with E-state index < -0.39 is 47.4 Å². The van der Waals surface area contributed by atoms with Crippen LogP contribution in [0.2, 0.25) is 0 Å². The maximum absolute atomic E-state index is 12.9. The summed E-state index contributed by atoms with van der Waals surface area (Å²) < 4.78 is 5.83. The molecule has 2 fully saturated rings. The summed E-state index contributed by atoms with van der Waals surface area (Å²) in [4.78, 5) is 38.0. The minimum atomic E-state index is -1.19. The highest BCUT2D eigenvalue weighted by Gasteiger charge is 2.72. The van der Waals surface area contributed by atoms with Gasteiger partial charge in [0.25, 0.3) is 0 Å². The van der Waals surface area contributed by atoms with Gasteiger partial charge in [0.15, 0.2) is 0 Å². The van der Waals surface area contributed by atoms with Crippen LogP contribution in [0.5, 0.6) is 0 Å². The second-order valence-electron chi connectivity index (χ2n) is 6.56. The van der Waals surface area contributed by atoms with Crippen LogP contribution in [-0.2, 0) is 14.3 Å². The molecule has 7 heteroatoms. The average molecular weight is 329 g/mol. The summed E-state index contributed by atoms with van der Waals surface area (Å²) in [6.45, 7) is 1.32. The van der Waals surface area contributed by atoms with E-state index in [4.69, 9.17) is 9.84 Å². The van der Waals surface area contributed by atoms with Crippen molar-refractivity contribution in [3.63, 3.8) is 0 Å². The van der Waals surface area contributed by atoms with E-state index in [1.54, 1.807) is 19.1 Å². The number of ether oxygens (including phenoxy) is 1. The SMILES string of the molecule is C[C@]12C=C[C@@](CO)(O1)[C@@H]1C(=O)N(c3cccc(C(=O)O)c3)C(=O)[C@@H]12. The molecule has 1 aromatic rings. The van der Waals surface area contributed by atoms with E-state index in [-0.39, 0.29) is 11.3 Å². The van der Waals surface area contributed by atoms with Gasteiger partial charge in [-0.25, -0.2) is 9.69 Å². The number of carboxylic acids is 1. The van der Waals surface area contributed by atoms with Crippen molar-refractivity contribution in [3.05, 3.63) is 42.0 Å². The highest BCUT2D eigenvalue weighted by atomic mass is 16.5. The maximum atomic E-state index is 12.9. The number of carbonyl (C=O) groups excluding carboxylic acids is 2. The number of imide groups is 1. The molecule has 7 nitrogen and oxygen atoms in total. The number of rotatable bonds is 3. The summed E-state index contributed by atoms with van der Waals surface area (Å²) in [5.74, 6) is -3.58. The standard InChI is InChI=1S/C17H15NO6/c1-16-5-6-17(8-19,24-16)12-11(16)13(20)18(14(12)21)10-4-2-3-9(7-10)15(22)23/h2-7,11-12,19H,8H2,1H3,(H,22,23)/t11-,12+,16-,17+/m1/s1. The summed E-state index contributed by atoms with van der Waals surface area (Å²) >= 11 is 0. The van der Waals surface area contributed by atoms with Gasteiger partial charge in [-0.3, -0.25) is 9.59 Å². The number of aliphatic hydroxyl groups excluding tert-OH is 1. The van der Waals surface area contributed by atoms with Gasteiger partial charge in [-0.1, -0.05) is 18.2 Å². The molecule has 2 amide bonds. The zero-order valence-corrected chi connectivity index (χ0v) is 12.8. The molecule has 2 N–H and O–H groups in total. The van der Waals surface area contributed by atoms with Gasteiger partial charge in [0.05, 0.1) is 35.3 Å². The minimum Gasteiger partial charge on any atom is -0.478 e. The fourth-order valence-corrected chi connectivity index (χ4v) is 4.07. The molecule has 3 aliphatic heterocycles. The highest BCUT2D eigenvalue weighted by molar-refractivity contribution is 6.23. The number of fused-ring (bicyclic) bond motifs is 5. The summed E-state index contributed by atoms with van der Waals surface area (Å²) in [6, 6.07) is 5.69. The number of hydrogen-bond donors (Lipinski definition) is 2. The first kappa shape index (κ1) is 15.0. The molecule has 0 unspecified atom stereocenters. The smallest absolute Gasteiger partial charge is 0.335 e. The number of nitrogens with zero attached hydrogens (tertiary/aromatic N) is 1. The topological polar surface area (TPSA) is 104 Å². The highest BCUT2D eigenvalue weighted by Crippen LogP contribution is 2.57. The van der Waals surface area contributed by atoms with E-state index in [2.05, 4.69) is 0 Å². The molecule has 3 heterocycles. The Hall–Kier alpha value is -2.51. The quantitative estimate of drug-likeness (QED) is 0.621. The van der Waals surface area contributed by atoms with Crippen molar-refractivity contribution in [1.82, 2.24) is 0 Å². The van der Waals surface area contributed by atoms with Gasteiger partial charge in [-0.05, 0) is 25.1 Å². The van der Waals surface area contributed by atoms with Gasteiger partial charge in [-0.15, -0.1) is 0 Å². The third-order valence-corrected chi connectivity index (χ3v) is 5.15. The normalized spacial score (nSPS) is 36.5. The van der Waals surface area contributed by atoms with E-state index in [1.807, 2.05) is 0 Å². The zero-order chi connectivity index (χ0) is 17.3. The lowest BCUT2D eigenvalue weighted by atomic mass is 9.73. The van der Waals surface area contributed by atoms with Crippen LogP contribution < -0.4 is 4.90 Å². The van der Waals surface area contributed by atoms with E-state index in [0.717, 1.165) is 4.90 Å². The maximum Gasteiger partial charge on any atom is 0.335 e. The minimum absolute atomic E-state index is 0.00871. The Balaban J connectivity index is 1.80. The van der Waals surface area contributed by atoms with Gasteiger partial charge in [0, 0.05) is 0 Å². The van der Waals surface area contributed by atoms with Crippen LogP contribution >= 0.6 is 0 Å². The van der Waals surface area contributed by atoms with Crippen LogP contribution in [0.3, 0.4) is 0 Å². The van der Waals surface area contributed by atoms with Crippen molar-refractivity contribution in [2.45, 2.75) is 18.1 Å². The van der Waals surface area contributed by atoms with Crippen LogP contribution in [-0.4, -0.2) is 45.8 Å². The molecule has 0 radical (unpaired) electrons. The molecule has 4 rings (SSSR count). The van der Waals surface area contributed by atoms with E-state index in [1.165, 1.54) is 24.3 Å². The number of amides is 2. The van der Waals surface area contributed by atoms with Gasteiger partial charge < -0.3 is 14.9 Å². The molecule has 2 saturated heterocycles. The number of benzene rings is 1. The Morgan fingerprint density at radius 1 is 1.25 bits per heavy atom. The van der Waals surface area contributed by atoms with Crippen LogP contribution in [0.4, 0.5) is 5.69 Å². The number of carbonyl (C=O) groups is 3. The Morgan fingerprint density at radius 2 is 1.96 bits per heavy atom. The van der Waals surface area contributed by atoms with E-state index in [0.29, 0.717) is 0 Å². The van der Waals surface area contributed by atoms with Crippen molar-refractivity contribution in [3.8, 4) is 0 Å². The van der Waals surface area contributed by atoms with E-state index in [9.17, 15) is 19.5 Å². The lowest BCUT2D eigenvalue weighted by Crippen LogP contribution is -2.43. The number of carboxylic acid groups (broad SMARTS) is 1. The van der Waals surface area contributed by atoms with Crippen molar-refractivity contribution in [2.75, 3.05) is 11.5 Å². The molecule has 4 atom stereocenters. The lowest BCUT2D eigenvalue weighted by Gasteiger charge is -2.27. The molecule has 3 aliphatic rings. The first-order chi connectivity index (χ1) is 11.3.